The van der Waals surface area contributed by atoms with Gasteiger partial charge in [0.1, 0.15) is 18.7 Å². The first-order chi connectivity index (χ1) is 16.4. The molecular formula is C24H33N5O5. The highest BCUT2D eigenvalue weighted by molar-refractivity contribution is 5.96. The molecule has 1 spiro atoms. The lowest BCUT2D eigenvalue weighted by Crippen LogP contribution is -2.58. The summed E-state index contributed by atoms with van der Waals surface area (Å²) in [6, 6.07) is 9.76. The molecular weight excluding hydrogens is 438 g/mol. The maximum Gasteiger partial charge on any atom is 0.250 e. The van der Waals surface area contributed by atoms with Crippen molar-refractivity contribution in [3.8, 4) is 0 Å². The van der Waals surface area contributed by atoms with Gasteiger partial charge in [0.25, 0.3) is 5.91 Å². The quantitative estimate of drug-likeness (QED) is 0.600. The zero-order valence-corrected chi connectivity index (χ0v) is 19.9. The lowest BCUT2D eigenvalue weighted by Gasteiger charge is -2.43. The Balaban J connectivity index is 1.48. The van der Waals surface area contributed by atoms with Crippen LogP contribution in [0.5, 0.6) is 0 Å². The monoisotopic (exact) mass is 471 g/mol. The fourth-order valence-electron chi connectivity index (χ4n) is 5.20. The van der Waals surface area contributed by atoms with E-state index < -0.39 is 5.54 Å². The summed E-state index contributed by atoms with van der Waals surface area (Å²) >= 11 is 0. The molecule has 3 saturated heterocycles. The molecule has 0 radical (unpaired) electrons. The number of para-hydroxylation sites is 1. The Morgan fingerprint density at radius 3 is 2.06 bits per heavy atom. The van der Waals surface area contributed by atoms with Crippen LogP contribution in [0, 0.1) is 0 Å². The predicted molar refractivity (Wildman–Crippen MR) is 125 cm³/mol. The van der Waals surface area contributed by atoms with Crippen molar-refractivity contribution in [2.24, 2.45) is 0 Å². The number of methoxy groups -OCH3 is 1. The van der Waals surface area contributed by atoms with Crippen LogP contribution in [0.15, 0.2) is 30.3 Å². The molecule has 0 aliphatic carbocycles. The summed E-state index contributed by atoms with van der Waals surface area (Å²) in [5.74, 6) is -0.233. The number of hydrogen-bond donors (Lipinski definition) is 0. The van der Waals surface area contributed by atoms with Gasteiger partial charge in [-0.3, -0.25) is 19.2 Å². The number of piperidine rings is 1. The van der Waals surface area contributed by atoms with Crippen LogP contribution >= 0.6 is 0 Å². The second-order valence-corrected chi connectivity index (χ2v) is 9.14. The van der Waals surface area contributed by atoms with E-state index in [1.165, 1.54) is 14.0 Å². The molecule has 10 heteroatoms. The van der Waals surface area contributed by atoms with E-state index in [1.54, 1.807) is 19.6 Å². The Bertz CT molecular complexity index is 923. The highest BCUT2D eigenvalue weighted by atomic mass is 16.5. The molecule has 3 fully saturated rings. The molecule has 1 aromatic rings. The van der Waals surface area contributed by atoms with Gasteiger partial charge in [0.2, 0.25) is 17.7 Å². The van der Waals surface area contributed by atoms with E-state index in [-0.39, 0.29) is 36.8 Å². The molecule has 3 heterocycles. The standard InChI is InChI=1S/C24H33N5O5/c1-19(30)25-12-14-27(15-13-25)21(31)16-28-18-29(20-6-4-3-5-7-20)24(23(28)33)8-10-26(11-9-24)22(32)17-34-2/h3-7H,8-18H2,1-2H3. The highest BCUT2D eigenvalue weighted by Crippen LogP contribution is 2.39. The lowest BCUT2D eigenvalue weighted by molar-refractivity contribution is -0.144. The van der Waals surface area contributed by atoms with E-state index in [4.69, 9.17) is 4.74 Å². The maximum atomic E-state index is 13.8. The van der Waals surface area contributed by atoms with Gasteiger partial charge in [0.05, 0.1) is 6.67 Å². The smallest absolute Gasteiger partial charge is 0.250 e. The second kappa shape index (κ2) is 10.0. The van der Waals surface area contributed by atoms with Crippen LogP contribution in [0.25, 0.3) is 0 Å². The van der Waals surface area contributed by atoms with Gasteiger partial charge < -0.3 is 29.2 Å². The van der Waals surface area contributed by atoms with E-state index in [0.29, 0.717) is 58.8 Å². The summed E-state index contributed by atoms with van der Waals surface area (Å²) in [6.45, 7) is 4.81. The first-order valence-electron chi connectivity index (χ1n) is 11.8. The molecule has 0 unspecified atom stereocenters. The van der Waals surface area contributed by atoms with Gasteiger partial charge in [0, 0.05) is 59.0 Å². The molecule has 0 N–H and O–H groups in total. The van der Waals surface area contributed by atoms with Crippen molar-refractivity contribution in [2.75, 3.05) is 71.1 Å². The van der Waals surface area contributed by atoms with E-state index in [0.717, 1.165) is 5.69 Å². The van der Waals surface area contributed by atoms with Crippen molar-refractivity contribution >= 4 is 29.3 Å². The van der Waals surface area contributed by atoms with Gasteiger partial charge in [0.15, 0.2) is 0 Å². The molecule has 184 valence electrons. The molecule has 0 saturated carbocycles. The number of rotatable bonds is 5. The van der Waals surface area contributed by atoms with Crippen LogP contribution in [0.2, 0.25) is 0 Å². The number of amides is 4. The number of nitrogens with zero attached hydrogens (tertiary/aromatic N) is 5. The van der Waals surface area contributed by atoms with Crippen LogP contribution < -0.4 is 4.90 Å². The van der Waals surface area contributed by atoms with Gasteiger partial charge >= 0.3 is 0 Å². The number of likely N-dealkylation sites (tertiary alicyclic amines) is 1. The Hall–Kier alpha value is -3.14. The molecule has 4 rings (SSSR count). The van der Waals surface area contributed by atoms with Crippen LogP contribution in [0.3, 0.4) is 0 Å². The number of anilines is 1. The number of carbonyl (C=O) groups is 4. The maximum absolute atomic E-state index is 13.8. The largest absolute Gasteiger partial charge is 0.375 e. The normalized spacial score (nSPS) is 20.3. The van der Waals surface area contributed by atoms with E-state index in [2.05, 4.69) is 4.90 Å². The minimum Gasteiger partial charge on any atom is -0.375 e. The number of carbonyl (C=O) groups excluding carboxylic acids is 4. The zero-order chi connectivity index (χ0) is 24.3. The van der Waals surface area contributed by atoms with Crippen molar-refractivity contribution in [2.45, 2.75) is 25.3 Å². The van der Waals surface area contributed by atoms with Crippen molar-refractivity contribution in [1.29, 1.82) is 0 Å². The average molecular weight is 472 g/mol. The molecule has 0 bridgehead atoms. The van der Waals surface area contributed by atoms with Crippen molar-refractivity contribution in [3.63, 3.8) is 0 Å². The molecule has 34 heavy (non-hydrogen) atoms. The SMILES string of the molecule is COCC(=O)N1CCC2(CC1)C(=O)N(CC(=O)N1CCN(C(C)=O)CC1)CN2c1ccccc1. The Morgan fingerprint density at radius 2 is 1.47 bits per heavy atom. The van der Waals surface area contributed by atoms with Gasteiger partial charge in [-0.15, -0.1) is 0 Å². The van der Waals surface area contributed by atoms with E-state index in [1.807, 2.05) is 30.3 Å². The van der Waals surface area contributed by atoms with E-state index in [9.17, 15) is 19.2 Å². The molecule has 0 atom stereocenters. The highest BCUT2D eigenvalue weighted by Gasteiger charge is 2.54. The second-order valence-electron chi connectivity index (χ2n) is 9.14. The summed E-state index contributed by atoms with van der Waals surface area (Å²) < 4.78 is 4.98. The van der Waals surface area contributed by atoms with Gasteiger partial charge in [-0.05, 0) is 25.0 Å². The number of piperazine rings is 1. The number of benzene rings is 1. The molecule has 4 amide bonds. The number of ether oxygens (including phenoxy) is 1. The summed E-state index contributed by atoms with van der Waals surface area (Å²) in [6.07, 6.45) is 0.996. The van der Waals surface area contributed by atoms with Crippen LogP contribution in [0.4, 0.5) is 5.69 Å². The summed E-state index contributed by atoms with van der Waals surface area (Å²) in [5, 5.41) is 0. The molecule has 10 nitrogen and oxygen atoms in total. The third-order valence-corrected chi connectivity index (χ3v) is 7.20. The molecule has 0 aromatic heterocycles. The topological polar surface area (TPSA) is 93.7 Å². The zero-order valence-electron chi connectivity index (χ0n) is 19.9. The molecule has 3 aliphatic heterocycles. The fourth-order valence-corrected chi connectivity index (χ4v) is 5.20. The predicted octanol–water partition coefficient (Wildman–Crippen LogP) is -0.00900. The Labute approximate surface area is 200 Å². The molecule has 3 aliphatic rings. The third-order valence-electron chi connectivity index (χ3n) is 7.20. The summed E-state index contributed by atoms with van der Waals surface area (Å²) in [4.78, 5) is 59.6. The van der Waals surface area contributed by atoms with Crippen molar-refractivity contribution < 1.29 is 23.9 Å². The number of hydrogen-bond acceptors (Lipinski definition) is 6. The van der Waals surface area contributed by atoms with Crippen molar-refractivity contribution in [3.05, 3.63) is 30.3 Å². The van der Waals surface area contributed by atoms with Gasteiger partial charge in [-0.2, -0.15) is 0 Å². The molecule has 1 aromatic carbocycles. The first-order valence-corrected chi connectivity index (χ1v) is 11.8. The minimum atomic E-state index is -0.779. The van der Waals surface area contributed by atoms with Gasteiger partial charge in [-0.25, -0.2) is 0 Å². The van der Waals surface area contributed by atoms with Crippen LogP contribution in [0.1, 0.15) is 19.8 Å². The fraction of sp³-hybridized carbons (Fsp3) is 0.583. The minimum absolute atomic E-state index is 0.0102. The van der Waals surface area contributed by atoms with Gasteiger partial charge in [-0.1, -0.05) is 18.2 Å². The Morgan fingerprint density at radius 1 is 0.882 bits per heavy atom. The lowest BCUT2D eigenvalue weighted by atomic mass is 9.85. The third kappa shape index (κ3) is 4.59. The summed E-state index contributed by atoms with van der Waals surface area (Å²) in [5.41, 5.74) is 0.149. The first kappa shape index (κ1) is 24.0. The van der Waals surface area contributed by atoms with Crippen LogP contribution in [-0.4, -0.2) is 115 Å². The Kier molecular flexibility index (Phi) is 7.06. The average Bonchev–Trinajstić information content (AvgIpc) is 3.11. The summed E-state index contributed by atoms with van der Waals surface area (Å²) in [7, 11) is 1.50. The van der Waals surface area contributed by atoms with E-state index >= 15 is 0 Å². The van der Waals surface area contributed by atoms with Crippen molar-refractivity contribution in [1.82, 2.24) is 19.6 Å². The van der Waals surface area contributed by atoms with Crippen LogP contribution in [-0.2, 0) is 23.9 Å².